The van der Waals surface area contributed by atoms with Crippen LogP contribution in [0.15, 0.2) is 24.3 Å². The molecule has 2 atom stereocenters. The Bertz CT molecular complexity index is 620. The van der Waals surface area contributed by atoms with Crippen LogP contribution < -0.4 is 0 Å². The molecular formula is C17H22ClN3O2. The largest absolute Gasteiger partial charge is 0.336 e. The number of hydrogen-bond acceptors (Lipinski definition) is 3. The highest BCUT2D eigenvalue weighted by atomic mass is 35.5. The topological polar surface area (TPSA) is 43.9 Å². The van der Waals surface area contributed by atoms with Crippen molar-refractivity contribution in [1.82, 2.24) is 14.7 Å². The minimum atomic E-state index is -0.0257. The maximum Gasteiger partial charge on any atom is 0.254 e. The average molecular weight is 336 g/mol. The smallest absolute Gasteiger partial charge is 0.254 e. The number of fused-ring (bicyclic) bond motifs is 1. The maximum absolute atomic E-state index is 12.8. The molecular weight excluding hydrogens is 314 g/mol. The van der Waals surface area contributed by atoms with Crippen LogP contribution in [-0.4, -0.2) is 72.3 Å². The van der Waals surface area contributed by atoms with E-state index in [1.807, 2.05) is 23.9 Å². The van der Waals surface area contributed by atoms with Crippen molar-refractivity contribution < 1.29 is 9.59 Å². The summed E-state index contributed by atoms with van der Waals surface area (Å²) in [4.78, 5) is 30.9. The number of likely N-dealkylation sites (tertiary alicyclic amines) is 2. The number of nitrogens with zero attached hydrogens (tertiary/aromatic N) is 3. The van der Waals surface area contributed by atoms with Crippen molar-refractivity contribution >= 4 is 23.4 Å². The van der Waals surface area contributed by atoms with Crippen molar-refractivity contribution in [2.45, 2.75) is 24.9 Å². The maximum atomic E-state index is 12.8. The fourth-order valence-electron chi connectivity index (χ4n) is 3.57. The molecule has 2 amide bonds. The molecule has 124 valence electrons. The molecule has 2 saturated heterocycles. The van der Waals surface area contributed by atoms with Gasteiger partial charge in [0.1, 0.15) is 0 Å². The number of benzene rings is 1. The second kappa shape index (κ2) is 6.49. The van der Waals surface area contributed by atoms with Crippen LogP contribution in [0.2, 0.25) is 5.02 Å². The zero-order valence-electron chi connectivity index (χ0n) is 13.5. The Morgan fingerprint density at radius 1 is 1.35 bits per heavy atom. The third-order valence-electron chi connectivity index (χ3n) is 4.74. The summed E-state index contributed by atoms with van der Waals surface area (Å²) < 4.78 is 0. The van der Waals surface area contributed by atoms with E-state index in [-0.39, 0.29) is 23.9 Å². The van der Waals surface area contributed by atoms with Crippen molar-refractivity contribution in [3.05, 3.63) is 34.9 Å². The molecule has 2 aliphatic rings. The lowest BCUT2D eigenvalue weighted by atomic mass is 10.1. The first-order valence-corrected chi connectivity index (χ1v) is 8.36. The minimum Gasteiger partial charge on any atom is -0.336 e. The molecule has 0 unspecified atom stereocenters. The van der Waals surface area contributed by atoms with Crippen molar-refractivity contribution in [2.75, 3.05) is 33.7 Å². The number of carbonyl (C=O) groups excluding carboxylic acids is 2. The van der Waals surface area contributed by atoms with Gasteiger partial charge in [0.25, 0.3) is 5.91 Å². The van der Waals surface area contributed by atoms with Gasteiger partial charge in [-0.05, 0) is 38.7 Å². The number of rotatable bonds is 4. The molecule has 2 heterocycles. The van der Waals surface area contributed by atoms with E-state index in [0.29, 0.717) is 23.6 Å². The summed E-state index contributed by atoms with van der Waals surface area (Å²) in [5.41, 5.74) is 0.595. The first-order chi connectivity index (χ1) is 11.0. The van der Waals surface area contributed by atoms with Crippen LogP contribution in [0.4, 0.5) is 0 Å². The summed E-state index contributed by atoms with van der Waals surface area (Å²) in [5.74, 6) is 0.132. The van der Waals surface area contributed by atoms with Gasteiger partial charge in [-0.2, -0.15) is 0 Å². The van der Waals surface area contributed by atoms with E-state index >= 15 is 0 Å². The zero-order valence-corrected chi connectivity index (χ0v) is 14.3. The van der Waals surface area contributed by atoms with Crippen molar-refractivity contribution in [1.29, 1.82) is 0 Å². The number of amides is 2. The van der Waals surface area contributed by atoms with E-state index < -0.39 is 0 Å². The molecule has 3 rings (SSSR count). The highest BCUT2D eigenvalue weighted by molar-refractivity contribution is 6.30. The van der Waals surface area contributed by atoms with Crippen LogP contribution in [0.3, 0.4) is 0 Å². The van der Waals surface area contributed by atoms with Gasteiger partial charge in [0.15, 0.2) is 0 Å². The second-order valence-corrected chi connectivity index (χ2v) is 6.96. The summed E-state index contributed by atoms with van der Waals surface area (Å²) in [5, 5.41) is 0.557. The van der Waals surface area contributed by atoms with Crippen LogP contribution >= 0.6 is 11.6 Å². The molecule has 23 heavy (non-hydrogen) atoms. The second-order valence-electron chi connectivity index (χ2n) is 6.53. The predicted molar refractivity (Wildman–Crippen MR) is 89.6 cm³/mol. The van der Waals surface area contributed by atoms with Gasteiger partial charge < -0.3 is 14.7 Å². The molecule has 2 aliphatic heterocycles. The average Bonchev–Trinajstić information content (AvgIpc) is 3.02. The molecule has 0 aromatic heterocycles. The Morgan fingerprint density at radius 2 is 2.13 bits per heavy atom. The molecule has 5 nitrogen and oxygen atoms in total. The number of hydrogen-bond donors (Lipinski definition) is 0. The van der Waals surface area contributed by atoms with Gasteiger partial charge in [-0.3, -0.25) is 9.59 Å². The Hall–Kier alpha value is -1.59. The molecule has 1 aromatic rings. The van der Waals surface area contributed by atoms with Crippen molar-refractivity contribution in [3.8, 4) is 0 Å². The summed E-state index contributed by atoms with van der Waals surface area (Å²) in [6, 6.07) is 7.17. The molecule has 2 fully saturated rings. The van der Waals surface area contributed by atoms with Crippen LogP contribution in [0, 0.1) is 0 Å². The van der Waals surface area contributed by atoms with Crippen molar-refractivity contribution in [2.24, 2.45) is 0 Å². The first kappa shape index (κ1) is 16.3. The summed E-state index contributed by atoms with van der Waals surface area (Å²) >= 11 is 5.99. The fraction of sp³-hybridized carbons (Fsp3) is 0.529. The lowest BCUT2D eigenvalue weighted by Crippen LogP contribution is -2.41. The van der Waals surface area contributed by atoms with E-state index in [1.54, 1.807) is 24.3 Å². The number of carbonyl (C=O) groups is 2. The third kappa shape index (κ3) is 3.21. The Morgan fingerprint density at radius 3 is 2.83 bits per heavy atom. The molecule has 1 aromatic carbocycles. The van der Waals surface area contributed by atoms with Gasteiger partial charge in [0.2, 0.25) is 5.91 Å². The predicted octanol–water partition coefficient (Wildman–Crippen LogP) is 1.72. The highest BCUT2D eigenvalue weighted by Crippen LogP contribution is 2.33. The SMILES string of the molecule is CN(C)CCN1C(=O)C[C@H]2[C@H]1CCN2C(=O)c1cccc(Cl)c1. The summed E-state index contributed by atoms with van der Waals surface area (Å²) in [7, 11) is 4.00. The van der Waals surface area contributed by atoms with Crippen molar-refractivity contribution in [3.63, 3.8) is 0 Å². The molecule has 0 N–H and O–H groups in total. The van der Waals surface area contributed by atoms with E-state index in [2.05, 4.69) is 4.90 Å². The lowest BCUT2D eigenvalue weighted by Gasteiger charge is -2.26. The zero-order chi connectivity index (χ0) is 16.6. The van der Waals surface area contributed by atoms with E-state index in [0.717, 1.165) is 19.5 Å². The fourth-order valence-corrected chi connectivity index (χ4v) is 3.76. The first-order valence-electron chi connectivity index (χ1n) is 7.98. The van der Waals surface area contributed by atoms with Gasteiger partial charge in [0, 0.05) is 36.6 Å². The van der Waals surface area contributed by atoms with Gasteiger partial charge in [0.05, 0.1) is 12.1 Å². The van der Waals surface area contributed by atoms with Crippen LogP contribution in [0.5, 0.6) is 0 Å². The Labute approximate surface area is 141 Å². The molecule has 0 spiro atoms. The number of likely N-dealkylation sites (N-methyl/N-ethyl adjacent to an activating group) is 1. The molecule has 0 radical (unpaired) electrons. The standard InChI is InChI=1S/C17H22ClN3O2/c1-19(2)8-9-20-14-6-7-21(15(14)11-16(20)22)17(23)12-4-3-5-13(18)10-12/h3-5,10,14-15H,6-9,11H2,1-2H3/t14-,15+/m1/s1. The lowest BCUT2D eigenvalue weighted by molar-refractivity contribution is -0.129. The van der Waals surface area contributed by atoms with Gasteiger partial charge in [-0.1, -0.05) is 17.7 Å². The summed E-state index contributed by atoms with van der Waals surface area (Å²) in [6.45, 7) is 2.27. The Kier molecular flexibility index (Phi) is 4.60. The van der Waals surface area contributed by atoms with Crippen LogP contribution in [-0.2, 0) is 4.79 Å². The number of halogens is 1. The van der Waals surface area contributed by atoms with E-state index in [1.165, 1.54) is 0 Å². The van der Waals surface area contributed by atoms with Crippen LogP contribution in [0.25, 0.3) is 0 Å². The molecule has 6 heteroatoms. The minimum absolute atomic E-state index is 0.00357. The van der Waals surface area contributed by atoms with Gasteiger partial charge >= 0.3 is 0 Å². The molecule has 0 bridgehead atoms. The van der Waals surface area contributed by atoms with Crippen LogP contribution in [0.1, 0.15) is 23.2 Å². The normalized spacial score (nSPS) is 23.7. The van der Waals surface area contributed by atoms with E-state index in [4.69, 9.17) is 11.6 Å². The Balaban J connectivity index is 1.73. The molecule has 0 saturated carbocycles. The quantitative estimate of drug-likeness (QED) is 0.841. The van der Waals surface area contributed by atoms with E-state index in [9.17, 15) is 9.59 Å². The van der Waals surface area contributed by atoms with Gasteiger partial charge in [-0.15, -0.1) is 0 Å². The summed E-state index contributed by atoms with van der Waals surface area (Å²) in [6.07, 6.45) is 1.29. The monoisotopic (exact) mass is 335 g/mol. The van der Waals surface area contributed by atoms with Gasteiger partial charge in [-0.25, -0.2) is 0 Å². The highest BCUT2D eigenvalue weighted by Gasteiger charge is 2.48. The molecule has 0 aliphatic carbocycles. The third-order valence-corrected chi connectivity index (χ3v) is 4.97.